The summed E-state index contributed by atoms with van der Waals surface area (Å²) in [5, 5.41) is 21.0. The quantitative estimate of drug-likeness (QED) is 0.0669. The van der Waals surface area contributed by atoms with Crippen LogP contribution in [0.4, 0.5) is 0 Å². The standard InChI is InChI=1S/C48H102N2O6.2BrH/c1-7-9-11-13-15-17-19-21-23-25-27-29-31-33-35-49(3,4)43-47(51)45-55-41-39-53-37-38-54-40-42-56-46-48(52)44-50(5,6)36-34-32-30-28-26-24-22-20-18-16-14-12-10-8-2;;/h47-48,51-52H,7-46H2,1-6H3;2*1H/q+2;;/p-2. The maximum atomic E-state index is 10.5. The molecule has 0 amide bonds. The lowest BCUT2D eigenvalue weighted by atomic mass is 10.0. The summed E-state index contributed by atoms with van der Waals surface area (Å²) >= 11 is 0. The number of ether oxygens (including phenoxy) is 4. The van der Waals surface area contributed by atoms with E-state index in [1.54, 1.807) is 0 Å². The summed E-state index contributed by atoms with van der Waals surface area (Å²) in [4.78, 5) is 0. The van der Waals surface area contributed by atoms with Gasteiger partial charge in [-0.05, 0) is 25.7 Å². The number of unbranched alkanes of at least 4 members (excludes halogenated alkanes) is 26. The van der Waals surface area contributed by atoms with Crippen molar-refractivity contribution in [1.29, 1.82) is 0 Å². The van der Waals surface area contributed by atoms with Gasteiger partial charge in [-0.3, -0.25) is 0 Å². The molecule has 0 spiro atoms. The number of hydrogen-bond donors (Lipinski definition) is 2. The van der Waals surface area contributed by atoms with Crippen LogP contribution in [0.25, 0.3) is 0 Å². The van der Waals surface area contributed by atoms with Crippen molar-refractivity contribution < 1.29 is 72.1 Å². The number of rotatable bonds is 47. The molecule has 0 saturated heterocycles. The minimum absolute atomic E-state index is 0. The highest BCUT2D eigenvalue weighted by Crippen LogP contribution is 2.15. The van der Waals surface area contributed by atoms with Gasteiger partial charge in [-0.2, -0.15) is 0 Å². The van der Waals surface area contributed by atoms with E-state index in [-0.39, 0.29) is 34.0 Å². The number of aliphatic hydroxyl groups is 2. The third-order valence-corrected chi connectivity index (χ3v) is 11.4. The predicted molar refractivity (Wildman–Crippen MR) is 240 cm³/mol. The van der Waals surface area contributed by atoms with Gasteiger partial charge in [0.05, 0.1) is 94.1 Å². The first-order valence-corrected chi connectivity index (χ1v) is 24.4. The summed E-state index contributed by atoms with van der Waals surface area (Å²) in [6.07, 6.45) is 37.7. The van der Waals surface area contributed by atoms with Crippen molar-refractivity contribution in [3.63, 3.8) is 0 Å². The van der Waals surface area contributed by atoms with Crippen LogP contribution in [0.2, 0.25) is 0 Å². The summed E-state index contributed by atoms with van der Waals surface area (Å²) < 4.78 is 24.3. The van der Waals surface area contributed by atoms with Crippen molar-refractivity contribution in [2.45, 2.75) is 206 Å². The topological polar surface area (TPSA) is 77.4 Å². The van der Waals surface area contributed by atoms with Crippen molar-refractivity contribution in [1.82, 2.24) is 0 Å². The van der Waals surface area contributed by atoms with Crippen molar-refractivity contribution in [3.05, 3.63) is 0 Å². The van der Waals surface area contributed by atoms with Gasteiger partial charge in [-0.15, -0.1) is 0 Å². The van der Waals surface area contributed by atoms with Gasteiger partial charge in [0, 0.05) is 0 Å². The molecule has 0 radical (unpaired) electrons. The number of quaternary nitrogens is 2. The van der Waals surface area contributed by atoms with E-state index in [1.165, 1.54) is 180 Å². The fourth-order valence-corrected chi connectivity index (χ4v) is 7.89. The predicted octanol–water partition coefficient (Wildman–Crippen LogP) is 4.90. The Morgan fingerprint density at radius 2 is 0.534 bits per heavy atom. The lowest BCUT2D eigenvalue weighted by Crippen LogP contribution is -3.00. The summed E-state index contributed by atoms with van der Waals surface area (Å²) in [5.74, 6) is 0. The van der Waals surface area contributed by atoms with Crippen LogP contribution in [-0.2, 0) is 18.9 Å². The van der Waals surface area contributed by atoms with Gasteiger partial charge >= 0.3 is 0 Å². The van der Waals surface area contributed by atoms with Crippen LogP contribution in [0, 0.1) is 0 Å². The molecule has 0 aromatic heterocycles. The zero-order chi connectivity index (χ0) is 41.3. The van der Waals surface area contributed by atoms with E-state index in [2.05, 4.69) is 42.0 Å². The van der Waals surface area contributed by atoms with Crippen LogP contribution in [0.3, 0.4) is 0 Å². The van der Waals surface area contributed by atoms with Crippen molar-refractivity contribution in [3.8, 4) is 0 Å². The fraction of sp³-hybridized carbons (Fsp3) is 1.00. The molecular weight excluding hydrogens is 860 g/mol. The Kier molecular flexibility index (Phi) is 51.1. The SMILES string of the molecule is CCCCCCCCCCCCCCCC[N+](C)(C)CC(O)COCCOCCOCCOCC(O)C[N+](C)(C)CCCCCCCCCCCCCCCC.[Br-].[Br-]. The molecular formula is C48H102Br2N2O6. The molecule has 8 nitrogen and oxygen atoms in total. The Hall–Kier alpha value is 0.640. The maximum Gasteiger partial charge on any atom is 0.126 e. The second-order valence-corrected chi connectivity index (χ2v) is 18.6. The molecule has 0 bridgehead atoms. The Bertz CT molecular complexity index is 720. The Balaban J connectivity index is -0.0000151. The molecule has 0 heterocycles. The number of halogens is 2. The highest BCUT2D eigenvalue weighted by molar-refractivity contribution is 4.56. The molecule has 0 aromatic carbocycles. The summed E-state index contributed by atoms with van der Waals surface area (Å²) in [7, 11) is 8.85. The van der Waals surface area contributed by atoms with E-state index in [0.29, 0.717) is 65.9 Å². The van der Waals surface area contributed by atoms with E-state index in [9.17, 15) is 10.2 Å². The zero-order valence-corrected chi connectivity index (χ0v) is 42.8. The highest BCUT2D eigenvalue weighted by Gasteiger charge is 2.21. The zero-order valence-electron chi connectivity index (χ0n) is 39.6. The first-order chi connectivity index (χ1) is 27.1. The van der Waals surface area contributed by atoms with Gasteiger partial charge < -0.3 is 72.1 Å². The minimum atomic E-state index is -0.461. The average Bonchev–Trinajstić information content (AvgIpc) is 3.15. The van der Waals surface area contributed by atoms with Gasteiger partial charge in [0.2, 0.25) is 0 Å². The maximum absolute atomic E-state index is 10.5. The molecule has 0 aliphatic carbocycles. The lowest BCUT2D eigenvalue weighted by Gasteiger charge is -2.32. The number of hydrogen-bond acceptors (Lipinski definition) is 6. The van der Waals surface area contributed by atoms with Gasteiger partial charge in [0.25, 0.3) is 0 Å². The second kappa shape index (κ2) is 47.1. The van der Waals surface area contributed by atoms with E-state index in [4.69, 9.17) is 18.9 Å². The third kappa shape index (κ3) is 49.3. The van der Waals surface area contributed by atoms with Gasteiger partial charge in [0.15, 0.2) is 0 Å². The smallest absolute Gasteiger partial charge is 0.126 e. The van der Waals surface area contributed by atoms with E-state index in [1.807, 2.05) is 0 Å². The van der Waals surface area contributed by atoms with Crippen LogP contribution < -0.4 is 34.0 Å². The van der Waals surface area contributed by atoms with Crippen molar-refractivity contribution in [2.75, 3.05) is 107 Å². The Morgan fingerprint density at radius 3 is 0.776 bits per heavy atom. The molecule has 2 N–H and O–H groups in total. The third-order valence-electron chi connectivity index (χ3n) is 11.4. The summed E-state index contributed by atoms with van der Waals surface area (Å²) in [6, 6.07) is 0. The molecule has 58 heavy (non-hydrogen) atoms. The van der Waals surface area contributed by atoms with Crippen LogP contribution >= 0.6 is 0 Å². The molecule has 0 rings (SSSR count). The van der Waals surface area contributed by atoms with Gasteiger partial charge in [0.1, 0.15) is 25.3 Å². The van der Waals surface area contributed by atoms with Gasteiger partial charge in [-0.25, -0.2) is 0 Å². The van der Waals surface area contributed by atoms with Crippen LogP contribution in [-0.4, -0.2) is 139 Å². The van der Waals surface area contributed by atoms with Crippen LogP contribution in [0.15, 0.2) is 0 Å². The number of nitrogens with zero attached hydrogens (tertiary/aromatic N) is 2. The van der Waals surface area contributed by atoms with E-state index < -0.39 is 12.2 Å². The molecule has 2 unspecified atom stereocenters. The van der Waals surface area contributed by atoms with Gasteiger partial charge in [-0.1, -0.05) is 168 Å². The molecule has 0 aliphatic heterocycles. The number of aliphatic hydroxyl groups excluding tert-OH is 2. The summed E-state index contributed by atoms with van der Waals surface area (Å²) in [5.41, 5.74) is 0. The van der Waals surface area contributed by atoms with E-state index >= 15 is 0 Å². The monoisotopic (exact) mass is 961 g/mol. The van der Waals surface area contributed by atoms with Crippen molar-refractivity contribution >= 4 is 0 Å². The first kappa shape index (κ1) is 62.9. The highest BCUT2D eigenvalue weighted by atomic mass is 79.9. The average molecular weight is 963 g/mol. The van der Waals surface area contributed by atoms with E-state index in [0.717, 1.165) is 22.1 Å². The Labute approximate surface area is 383 Å². The second-order valence-electron chi connectivity index (χ2n) is 18.6. The minimum Gasteiger partial charge on any atom is -1.00 e. The largest absolute Gasteiger partial charge is 1.00 e. The molecule has 10 heteroatoms. The number of likely N-dealkylation sites (N-methyl/N-ethyl adjacent to an activating group) is 2. The molecule has 354 valence electrons. The van der Waals surface area contributed by atoms with Crippen LogP contribution in [0.5, 0.6) is 0 Å². The first-order valence-electron chi connectivity index (χ1n) is 24.4. The molecule has 0 aliphatic rings. The Morgan fingerprint density at radius 1 is 0.328 bits per heavy atom. The molecule has 0 fully saturated rings. The normalized spacial score (nSPS) is 13.0. The van der Waals surface area contributed by atoms with Crippen molar-refractivity contribution in [2.24, 2.45) is 0 Å². The van der Waals surface area contributed by atoms with Crippen LogP contribution in [0.1, 0.15) is 194 Å². The molecule has 2 atom stereocenters. The molecule has 0 aromatic rings. The lowest BCUT2D eigenvalue weighted by molar-refractivity contribution is -0.893. The molecule has 0 saturated carbocycles. The fourth-order valence-electron chi connectivity index (χ4n) is 7.89. The summed E-state index contributed by atoms with van der Waals surface area (Å²) in [6.45, 7) is 11.8.